The molecule has 2 atom stereocenters. The van der Waals surface area contributed by atoms with Gasteiger partial charge in [0.1, 0.15) is 6.61 Å². The molecule has 0 heterocycles. The van der Waals surface area contributed by atoms with Crippen LogP contribution < -0.4 is 0 Å². The number of carbonyl (C=O) groups is 2. The Labute approximate surface area is 210 Å². The third-order valence-electron chi connectivity index (χ3n) is 7.15. The summed E-state index contributed by atoms with van der Waals surface area (Å²) in [6, 6.07) is 0. The first-order valence-corrected chi connectivity index (χ1v) is 14.5. The molecular formula is C29H54O5. The number of methoxy groups -OCH3 is 1. The molecule has 0 spiro atoms. The molecule has 34 heavy (non-hydrogen) atoms. The zero-order valence-electron chi connectivity index (χ0n) is 22.5. The molecule has 0 N–H and O–H groups in total. The van der Waals surface area contributed by atoms with Gasteiger partial charge in [-0.2, -0.15) is 0 Å². The van der Waals surface area contributed by atoms with Crippen LogP contribution >= 0.6 is 0 Å². The molecule has 2 unspecified atom stereocenters. The summed E-state index contributed by atoms with van der Waals surface area (Å²) in [5.41, 5.74) is 0. The molecule has 0 amide bonds. The van der Waals surface area contributed by atoms with Crippen molar-refractivity contribution in [3.05, 3.63) is 0 Å². The fraction of sp³-hybridized carbons (Fsp3) is 0.931. The lowest BCUT2D eigenvalue weighted by atomic mass is 9.79. The van der Waals surface area contributed by atoms with Crippen LogP contribution in [0.25, 0.3) is 0 Å². The molecule has 5 nitrogen and oxygen atoms in total. The molecule has 200 valence electrons. The van der Waals surface area contributed by atoms with Gasteiger partial charge in [-0.05, 0) is 19.3 Å². The van der Waals surface area contributed by atoms with Crippen molar-refractivity contribution >= 4 is 11.9 Å². The summed E-state index contributed by atoms with van der Waals surface area (Å²) in [7, 11) is 1.58. The third-order valence-corrected chi connectivity index (χ3v) is 7.15. The molecule has 0 bridgehead atoms. The maximum absolute atomic E-state index is 12.5. The van der Waals surface area contributed by atoms with E-state index in [4.69, 9.17) is 14.2 Å². The first-order chi connectivity index (χ1) is 16.7. The minimum Gasteiger partial charge on any atom is -0.465 e. The SMILES string of the molecule is CCCCCCCCCCCCCCCCCCOC(=O)C1CCCCC1C(=O)OCCOC. The van der Waals surface area contributed by atoms with Crippen molar-refractivity contribution in [1.82, 2.24) is 0 Å². The van der Waals surface area contributed by atoms with Gasteiger partial charge in [0.15, 0.2) is 0 Å². The highest BCUT2D eigenvalue weighted by Crippen LogP contribution is 2.32. The zero-order chi connectivity index (χ0) is 24.7. The molecular weight excluding hydrogens is 428 g/mol. The zero-order valence-corrected chi connectivity index (χ0v) is 22.5. The minimum absolute atomic E-state index is 0.214. The highest BCUT2D eigenvalue weighted by molar-refractivity contribution is 5.82. The first kappa shape index (κ1) is 30.9. The average molecular weight is 483 g/mol. The predicted molar refractivity (Wildman–Crippen MR) is 139 cm³/mol. The number of esters is 2. The quantitative estimate of drug-likeness (QED) is 0.116. The van der Waals surface area contributed by atoms with Gasteiger partial charge in [0.05, 0.1) is 25.0 Å². The normalized spacial score (nSPS) is 18.1. The van der Waals surface area contributed by atoms with E-state index in [-0.39, 0.29) is 30.4 Å². The molecule has 1 saturated carbocycles. The summed E-state index contributed by atoms with van der Waals surface area (Å²) in [6.45, 7) is 3.37. The number of carbonyl (C=O) groups excluding carboxylic acids is 2. The van der Waals surface area contributed by atoms with Crippen LogP contribution in [0, 0.1) is 11.8 Å². The van der Waals surface area contributed by atoms with E-state index in [0.717, 1.165) is 32.1 Å². The van der Waals surface area contributed by atoms with Gasteiger partial charge in [0.2, 0.25) is 0 Å². The Kier molecular flexibility index (Phi) is 20.3. The number of hydrogen-bond donors (Lipinski definition) is 0. The number of unbranched alkanes of at least 4 members (excludes halogenated alkanes) is 15. The molecule has 0 aliphatic heterocycles. The summed E-state index contributed by atoms with van der Waals surface area (Å²) in [5, 5.41) is 0. The Morgan fingerprint density at radius 3 is 1.35 bits per heavy atom. The lowest BCUT2D eigenvalue weighted by Crippen LogP contribution is -2.35. The van der Waals surface area contributed by atoms with Crippen molar-refractivity contribution in [2.24, 2.45) is 11.8 Å². The molecule has 1 aliphatic carbocycles. The maximum Gasteiger partial charge on any atom is 0.309 e. The summed E-state index contributed by atoms with van der Waals surface area (Å²) < 4.78 is 15.7. The van der Waals surface area contributed by atoms with Gasteiger partial charge in [-0.3, -0.25) is 9.59 Å². The van der Waals surface area contributed by atoms with E-state index in [9.17, 15) is 9.59 Å². The Bertz CT molecular complexity index is 493. The number of hydrogen-bond acceptors (Lipinski definition) is 5. The van der Waals surface area contributed by atoms with Crippen LogP contribution in [0.3, 0.4) is 0 Å². The standard InChI is InChI=1S/C29H54O5/c1-3-4-5-6-7-8-9-10-11-12-13-14-15-16-17-20-23-33-28(30)26-21-18-19-22-27(26)29(31)34-25-24-32-2/h26-27H,3-25H2,1-2H3. The van der Waals surface area contributed by atoms with E-state index in [1.54, 1.807) is 7.11 Å². The molecule has 0 aromatic rings. The van der Waals surface area contributed by atoms with E-state index < -0.39 is 0 Å². The van der Waals surface area contributed by atoms with E-state index in [1.807, 2.05) is 0 Å². The summed E-state index contributed by atoms with van der Waals surface area (Å²) in [4.78, 5) is 24.9. The van der Waals surface area contributed by atoms with Gasteiger partial charge in [-0.25, -0.2) is 0 Å². The van der Waals surface area contributed by atoms with Gasteiger partial charge in [0, 0.05) is 7.11 Å². The monoisotopic (exact) mass is 482 g/mol. The molecule has 5 heteroatoms. The fourth-order valence-corrected chi connectivity index (χ4v) is 4.96. The number of rotatable bonds is 22. The van der Waals surface area contributed by atoms with Crippen LogP contribution in [0.1, 0.15) is 135 Å². The van der Waals surface area contributed by atoms with Crippen molar-refractivity contribution in [3.8, 4) is 0 Å². The van der Waals surface area contributed by atoms with Crippen LogP contribution in [0.2, 0.25) is 0 Å². The largest absolute Gasteiger partial charge is 0.465 e. The molecule has 0 aromatic heterocycles. The summed E-state index contributed by atoms with van der Waals surface area (Å²) >= 11 is 0. The van der Waals surface area contributed by atoms with Gasteiger partial charge >= 0.3 is 11.9 Å². The van der Waals surface area contributed by atoms with Crippen LogP contribution in [0.5, 0.6) is 0 Å². The van der Waals surface area contributed by atoms with Crippen LogP contribution in [-0.2, 0) is 23.8 Å². The average Bonchev–Trinajstić information content (AvgIpc) is 2.85. The lowest BCUT2D eigenvalue weighted by Gasteiger charge is -2.28. The van der Waals surface area contributed by atoms with Crippen LogP contribution in [-0.4, -0.2) is 38.9 Å². The smallest absolute Gasteiger partial charge is 0.309 e. The van der Waals surface area contributed by atoms with E-state index in [1.165, 1.54) is 89.9 Å². The predicted octanol–water partition coefficient (Wildman–Crippen LogP) is 7.79. The van der Waals surface area contributed by atoms with Crippen LogP contribution in [0.4, 0.5) is 0 Å². The highest BCUT2D eigenvalue weighted by atomic mass is 16.6. The van der Waals surface area contributed by atoms with Gasteiger partial charge in [-0.1, -0.05) is 116 Å². The molecule has 0 aromatic carbocycles. The second-order valence-corrected chi connectivity index (χ2v) is 10.1. The molecule has 1 aliphatic rings. The Morgan fingerprint density at radius 2 is 0.941 bits per heavy atom. The second-order valence-electron chi connectivity index (χ2n) is 10.1. The summed E-state index contributed by atoms with van der Waals surface area (Å²) in [6.07, 6.45) is 24.6. The maximum atomic E-state index is 12.5. The molecule has 0 radical (unpaired) electrons. The van der Waals surface area contributed by atoms with Crippen molar-refractivity contribution in [3.63, 3.8) is 0 Å². The number of ether oxygens (including phenoxy) is 3. The second kappa shape index (κ2) is 22.4. The Hall–Kier alpha value is -1.10. The van der Waals surface area contributed by atoms with Crippen LogP contribution in [0.15, 0.2) is 0 Å². The summed E-state index contributed by atoms with van der Waals surface area (Å²) in [5.74, 6) is -1.19. The van der Waals surface area contributed by atoms with Crippen molar-refractivity contribution in [1.29, 1.82) is 0 Å². The Morgan fingerprint density at radius 1 is 0.559 bits per heavy atom. The van der Waals surface area contributed by atoms with E-state index in [2.05, 4.69) is 6.92 Å². The molecule has 1 fully saturated rings. The van der Waals surface area contributed by atoms with Gasteiger partial charge < -0.3 is 14.2 Å². The van der Waals surface area contributed by atoms with Gasteiger partial charge in [0.25, 0.3) is 0 Å². The first-order valence-electron chi connectivity index (χ1n) is 14.5. The minimum atomic E-state index is -0.357. The molecule has 0 saturated heterocycles. The van der Waals surface area contributed by atoms with E-state index >= 15 is 0 Å². The van der Waals surface area contributed by atoms with Crippen molar-refractivity contribution < 1.29 is 23.8 Å². The van der Waals surface area contributed by atoms with Gasteiger partial charge in [-0.15, -0.1) is 0 Å². The highest BCUT2D eigenvalue weighted by Gasteiger charge is 2.37. The van der Waals surface area contributed by atoms with E-state index in [0.29, 0.717) is 19.6 Å². The topological polar surface area (TPSA) is 61.8 Å². The molecule has 1 rings (SSSR count). The van der Waals surface area contributed by atoms with Crippen molar-refractivity contribution in [2.45, 2.75) is 135 Å². The third kappa shape index (κ3) is 15.7. The lowest BCUT2D eigenvalue weighted by molar-refractivity contribution is -0.163. The fourth-order valence-electron chi connectivity index (χ4n) is 4.96. The Balaban J connectivity index is 1.95. The van der Waals surface area contributed by atoms with Crippen molar-refractivity contribution in [2.75, 3.05) is 26.9 Å².